The molecule has 30 heavy (non-hydrogen) atoms. The van der Waals surface area contributed by atoms with Crippen molar-refractivity contribution in [3.63, 3.8) is 0 Å². The molecule has 2 N–H and O–H groups in total. The molecule has 0 spiro atoms. The summed E-state index contributed by atoms with van der Waals surface area (Å²) in [5, 5.41) is 3.17. The molecule has 0 bridgehead atoms. The number of hydrogen-bond donors (Lipinski definition) is 2. The Kier molecular flexibility index (Phi) is 4.54. The van der Waals surface area contributed by atoms with Gasteiger partial charge in [0.05, 0.1) is 17.5 Å². The van der Waals surface area contributed by atoms with Gasteiger partial charge in [0, 0.05) is 36.0 Å². The normalized spacial score (nSPS) is 15.0. The van der Waals surface area contributed by atoms with Crippen molar-refractivity contribution in [2.24, 2.45) is 0 Å². The Morgan fingerprint density at radius 2 is 1.87 bits per heavy atom. The number of sulfonamides is 1. The van der Waals surface area contributed by atoms with Crippen LogP contribution in [0.2, 0.25) is 0 Å². The fourth-order valence-corrected chi connectivity index (χ4v) is 4.32. The Morgan fingerprint density at radius 3 is 2.47 bits per heavy atom. The topological polar surface area (TPSA) is 97.6 Å². The summed E-state index contributed by atoms with van der Waals surface area (Å²) in [7, 11) is -2.07. The lowest BCUT2D eigenvalue weighted by molar-refractivity contribution is 0.0964. The zero-order chi connectivity index (χ0) is 21.8. The second-order valence-corrected chi connectivity index (χ2v) is 9.66. The number of halogens is 1. The van der Waals surface area contributed by atoms with Crippen LogP contribution in [-0.2, 0) is 16.4 Å². The number of ether oxygens (including phenoxy) is 1. The second kappa shape index (κ2) is 6.73. The van der Waals surface area contributed by atoms with Crippen molar-refractivity contribution in [1.82, 2.24) is 5.32 Å². The molecule has 1 amide bonds. The number of rotatable bonds is 4. The van der Waals surface area contributed by atoms with Gasteiger partial charge in [0.1, 0.15) is 28.5 Å². The molecule has 2 heterocycles. The molecule has 0 saturated heterocycles. The number of amides is 1. The Morgan fingerprint density at radius 1 is 1.20 bits per heavy atom. The van der Waals surface area contributed by atoms with E-state index in [0.29, 0.717) is 39.8 Å². The first-order valence-electron chi connectivity index (χ1n) is 9.26. The van der Waals surface area contributed by atoms with E-state index in [1.165, 1.54) is 37.4 Å². The molecule has 0 fully saturated rings. The van der Waals surface area contributed by atoms with Crippen molar-refractivity contribution in [3.05, 3.63) is 47.3 Å². The minimum atomic E-state index is -3.58. The maximum atomic E-state index is 13.4. The highest BCUT2D eigenvalue weighted by Gasteiger charge is 2.37. The summed E-state index contributed by atoms with van der Waals surface area (Å²) in [4.78, 5) is 12.8. The number of hydrogen-bond acceptors (Lipinski definition) is 5. The van der Waals surface area contributed by atoms with Gasteiger partial charge >= 0.3 is 0 Å². The van der Waals surface area contributed by atoms with Crippen LogP contribution in [0.1, 0.15) is 29.8 Å². The predicted octanol–water partition coefficient (Wildman–Crippen LogP) is 3.68. The van der Waals surface area contributed by atoms with Crippen LogP contribution >= 0.6 is 0 Å². The standard InChI is InChI=1S/C21H21FN2O5S/c1-21(2)10-13-16-15(9-14(19(13)29-21)24-30(4,26)27)28-18(17(16)20(25)23-3)11-5-7-12(22)8-6-11/h5-9,24H,10H2,1-4H3,(H,23,25). The first-order chi connectivity index (χ1) is 14.0. The molecule has 2 aromatic carbocycles. The fourth-order valence-electron chi connectivity index (χ4n) is 3.77. The highest BCUT2D eigenvalue weighted by molar-refractivity contribution is 7.92. The molecule has 1 aliphatic heterocycles. The summed E-state index contributed by atoms with van der Waals surface area (Å²) >= 11 is 0. The van der Waals surface area contributed by atoms with E-state index >= 15 is 0 Å². The van der Waals surface area contributed by atoms with Gasteiger partial charge in [-0.2, -0.15) is 0 Å². The second-order valence-electron chi connectivity index (χ2n) is 7.91. The predicted molar refractivity (Wildman–Crippen MR) is 112 cm³/mol. The van der Waals surface area contributed by atoms with E-state index in [2.05, 4.69) is 10.0 Å². The molecule has 0 unspecified atom stereocenters. The molecular formula is C21H21FN2O5S. The smallest absolute Gasteiger partial charge is 0.255 e. The quantitative estimate of drug-likeness (QED) is 0.655. The van der Waals surface area contributed by atoms with Gasteiger partial charge in [0.15, 0.2) is 0 Å². The van der Waals surface area contributed by atoms with Gasteiger partial charge in [-0.05, 0) is 38.1 Å². The molecule has 4 rings (SSSR count). The molecule has 7 nitrogen and oxygen atoms in total. The van der Waals surface area contributed by atoms with Crippen LogP contribution in [0.25, 0.3) is 22.3 Å². The van der Waals surface area contributed by atoms with Crippen LogP contribution in [0.15, 0.2) is 34.7 Å². The average molecular weight is 432 g/mol. The van der Waals surface area contributed by atoms with Crippen molar-refractivity contribution in [2.45, 2.75) is 25.9 Å². The number of carbonyl (C=O) groups excluding carboxylic acids is 1. The Hall–Kier alpha value is -3.07. The highest BCUT2D eigenvalue weighted by Crippen LogP contribution is 2.48. The van der Waals surface area contributed by atoms with E-state index < -0.39 is 21.4 Å². The van der Waals surface area contributed by atoms with Crippen LogP contribution in [-0.4, -0.2) is 33.2 Å². The third-order valence-corrected chi connectivity index (χ3v) is 5.46. The summed E-state index contributed by atoms with van der Waals surface area (Å²) in [5.74, 6) is -0.141. The molecule has 0 aliphatic carbocycles. The molecular weight excluding hydrogens is 411 g/mol. The molecule has 9 heteroatoms. The lowest BCUT2D eigenvalue weighted by Crippen LogP contribution is -2.25. The summed E-state index contributed by atoms with van der Waals surface area (Å²) in [6.07, 6.45) is 1.50. The molecule has 0 atom stereocenters. The van der Waals surface area contributed by atoms with Crippen molar-refractivity contribution in [2.75, 3.05) is 18.0 Å². The van der Waals surface area contributed by atoms with Crippen LogP contribution in [0.3, 0.4) is 0 Å². The summed E-state index contributed by atoms with van der Waals surface area (Å²) in [5.41, 5.74) is 1.47. The van der Waals surface area contributed by atoms with Crippen molar-refractivity contribution >= 4 is 32.6 Å². The van der Waals surface area contributed by atoms with Crippen LogP contribution in [0.4, 0.5) is 10.1 Å². The number of benzene rings is 2. The summed E-state index contributed by atoms with van der Waals surface area (Å²) < 4.78 is 51.7. The number of fused-ring (bicyclic) bond motifs is 3. The molecule has 3 aromatic rings. The van der Waals surface area contributed by atoms with E-state index in [0.717, 1.165) is 6.26 Å². The molecule has 0 saturated carbocycles. The van der Waals surface area contributed by atoms with Gasteiger partial charge in [-0.1, -0.05) is 0 Å². The lowest BCUT2D eigenvalue weighted by atomic mass is 9.95. The number of nitrogens with one attached hydrogen (secondary N) is 2. The van der Waals surface area contributed by atoms with Crippen molar-refractivity contribution in [1.29, 1.82) is 0 Å². The van der Waals surface area contributed by atoms with Gasteiger partial charge in [0.25, 0.3) is 5.91 Å². The van der Waals surface area contributed by atoms with E-state index in [4.69, 9.17) is 9.15 Å². The lowest BCUT2D eigenvalue weighted by Gasteiger charge is -2.18. The number of anilines is 1. The maximum Gasteiger partial charge on any atom is 0.255 e. The zero-order valence-corrected chi connectivity index (χ0v) is 17.7. The fraction of sp³-hybridized carbons (Fsp3) is 0.286. The van der Waals surface area contributed by atoms with Crippen LogP contribution in [0.5, 0.6) is 5.75 Å². The van der Waals surface area contributed by atoms with E-state index in [-0.39, 0.29) is 17.4 Å². The highest BCUT2D eigenvalue weighted by atomic mass is 32.2. The number of furan rings is 1. The maximum absolute atomic E-state index is 13.4. The van der Waals surface area contributed by atoms with E-state index in [9.17, 15) is 17.6 Å². The molecule has 1 aliphatic rings. The van der Waals surface area contributed by atoms with Crippen molar-refractivity contribution < 1.29 is 26.8 Å². The van der Waals surface area contributed by atoms with Crippen LogP contribution < -0.4 is 14.8 Å². The Bertz CT molecular complexity index is 1280. The number of carbonyl (C=O) groups is 1. The van der Waals surface area contributed by atoms with Crippen LogP contribution in [0, 0.1) is 5.82 Å². The Labute approximate surface area is 173 Å². The van der Waals surface area contributed by atoms with Gasteiger partial charge in [-0.15, -0.1) is 0 Å². The zero-order valence-electron chi connectivity index (χ0n) is 16.9. The molecule has 158 valence electrons. The average Bonchev–Trinajstić information content (AvgIpc) is 3.17. The SMILES string of the molecule is CNC(=O)c1c(-c2ccc(F)cc2)oc2cc(NS(C)(=O)=O)c3c(c12)CC(C)(C)O3. The first-order valence-corrected chi connectivity index (χ1v) is 11.2. The summed E-state index contributed by atoms with van der Waals surface area (Å²) in [6.45, 7) is 3.76. The van der Waals surface area contributed by atoms with E-state index in [1.807, 2.05) is 13.8 Å². The van der Waals surface area contributed by atoms with Crippen molar-refractivity contribution in [3.8, 4) is 17.1 Å². The third kappa shape index (κ3) is 3.49. The third-order valence-electron chi connectivity index (χ3n) is 4.87. The van der Waals surface area contributed by atoms with E-state index in [1.54, 1.807) is 0 Å². The molecule has 1 aromatic heterocycles. The minimum Gasteiger partial charge on any atom is -0.485 e. The molecule has 0 radical (unpaired) electrons. The monoisotopic (exact) mass is 432 g/mol. The van der Waals surface area contributed by atoms with Gasteiger partial charge in [-0.25, -0.2) is 12.8 Å². The largest absolute Gasteiger partial charge is 0.485 e. The van der Waals surface area contributed by atoms with Gasteiger partial charge in [-0.3, -0.25) is 9.52 Å². The van der Waals surface area contributed by atoms with Gasteiger partial charge < -0.3 is 14.5 Å². The minimum absolute atomic E-state index is 0.244. The van der Waals surface area contributed by atoms with Gasteiger partial charge in [0.2, 0.25) is 10.0 Å². The first kappa shape index (κ1) is 20.2. The summed E-state index contributed by atoms with van der Waals surface area (Å²) in [6, 6.07) is 7.12. The Balaban J connectivity index is 2.07.